The van der Waals surface area contributed by atoms with Crippen LogP contribution in [0.3, 0.4) is 0 Å². The van der Waals surface area contributed by atoms with Crippen molar-refractivity contribution < 1.29 is 19.0 Å². The molecule has 2 aliphatic rings. The van der Waals surface area contributed by atoms with Crippen LogP contribution in [0.2, 0.25) is 5.02 Å². The number of rotatable bonds is 8. The maximum atomic E-state index is 13.6. The molecular weight excluding hydrogens is 572 g/mol. The molecule has 1 fully saturated rings. The number of fused-ring (bicyclic) bond motifs is 1. The van der Waals surface area contributed by atoms with Gasteiger partial charge in [0.1, 0.15) is 25.1 Å². The Morgan fingerprint density at radius 2 is 1.92 bits per heavy atom. The van der Waals surface area contributed by atoms with Crippen molar-refractivity contribution in [3.05, 3.63) is 74.6 Å². The molecule has 3 aromatic rings. The molecule has 1 atom stereocenters. The predicted octanol–water partition coefficient (Wildman–Crippen LogP) is 6.84. The summed E-state index contributed by atoms with van der Waals surface area (Å²) in [6, 6.07) is 10.8. The van der Waals surface area contributed by atoms with E-state index in [4.69, 9.17) is 25.8 Å². The molecule has 8 nitrogen and oxygen atoms in total. The van der Waals surface area contributed by atoms with Crippen LogP contribution in [0, 0.1) is 0 Å². The van der Waals surface area contributed by atoms with E-state index in [-0.39, 0.29) is 12.1 Å². The van der Waals surface area contributed by atoms with Gasteiger partial charge in [0.15, 0.2) is 11.5 Å². The van der Waals surface area contributed by atoms with E-state index in [0.29, 0.717) is 51.4 Å². The van der Waals surface area contributed by atoms with Crippen molar-refractivity contribution in [3.8, 4) is 11.5 Å². The van der Waals surface area contributed by atoms with Gasteiger partial charge in [-0.25, -0.2) is 9.48 Å². The molecule has 2 heterocycles. The zero-order valence-corrected chi connectivity index (χ0v) is 23.7. The topological polar surface area (TPSA) is 87.5 Å². The highest BCUT2D eigenvalue weighted by Crippen LogP contribution is 2.43. The average molecular weight is 602 g/mol. The van der Waals surface area contributed by atoms with Gasteiger partial charge in [-0.1, -0.05) is 30.2 Å². The molecule has 0 amide bonds. The highest BCUT2D eigenvalue weighted by Gasteiger charge is 2.36. The predicted molar refractivity (Wildman–Crippen MR) is 149 cm³/mol. The lowest BCUT2D eigenvalue weighted by Crippen LogP contribution is -2.32. The zero-order valence-electron chi connectivity index (χ0n) is 21.4. The summed E-state index contributed by atoms with van der Waals surface area (Å²) in [6.07, 6.45) is 6.53. The average Bonchev–Trinajstić information content (AvgIpc) is 3.37. The molecule has 38 heavy (non-hydrogen) atoms. The fourth-order valence-electron chi connectivity index (χ4n) is 4.95. The molecule has 0 bridgehead atoms. The van der Waals surface area contributed by atoms with Crippen LogP contribution in [0.25, 0.3) is 0 Å². The number of anilines is 1. The molecule has 200 valence electrons. The number of benzene rings is 2. The molecule has 1 unspecified atom stereocenters. The number of esters is 1. The maximum Gasteiger partial charge on any atom is 0.338 e. The largest absolute Gasteiger partial charge is 0.490 e. The fourth-order valence-corrected chi connectivity index (χ4v) is 5.65. The third-order valence-electron chi connectivity index (χ3n) is 6.78. The first kappa shape index (κ1) is 26.6. The SMILES string of the molecule is CCOc1cc(C2C(C(=O)OC3CCCCC3)=C(C)Nc3ncnn32)cc(Br)c1OCc1ccc(Cl)cc1. The quantitative estimate of drug-likeness (QED) is 0.283. The van der Waals surface area contributed by atoms with E-state index in [9.17, 15) is 4.79 Å². The van der Waals surface area contributed by atoms with Crippen LogP contribution in [0.1, 0.15) is 63.1 Å². The van der Waals surface area contributed by atoms with Gasteiger partial charge < -0.3 is 19.5 Å². The van der Waals surface area contributed by atoms with Gasteiger partial charge in [0.2, 0.25) is 5.95 Å². The Morgan fingerprint density at radius 1 is 1.16 bits per heavy atom. The monoisotopic (exact) mass is 600 g/mol. The summed E-state index contributed by atoms with van der Waals surface area (Å²) in [5.74, 6) is 1.35. The lowest BCUT2D eigenvalue weighted by atomic mass is 9.94. The normalized spacial score (nSPS) is 17.5. The van der Waals surface area contributed by atoms with Gasteiger partial charge in [0.05, 0.1) is 16.7 Å². The van der Waals surface area contributed by atoms with Crippen LogP contribution in [-0.4, -0.2) is 33.4 Å². The van der Waals surface area contributed by atoms with E-state index in [2.05, 4.69) is 31.3 Å². The van der Waals surface area contributed by atoms with Gasteiger partial charge in [-0.3, -0.25) is 0 Å². The van der Waals surface area contributed by atoms with E-state index in [0.717, 1.165) is 36.8 Å². The van der Waals surface area contributed by atoms with Crippen LogP contribution < -0.4 is 14.8 Å². The van der Waals surface area contributed by atoms with Crippen molar-refractivity contribution in [2.45, 2.75) is 64.7 Å². The summed E-state index contributed by atoms with van der Waals surface area (Å²) in [5, 5.41) is 8.32. The van der Waals surface area contributed by atoms with Gasteiger partial charge in [0, 0.05) is 10.7 Å². The van der Waals surface area contributed by atoms with Crippen molar-refractivity contribution in [1.82, 2.24) is 14.8 Å². The number of ether oxygens (including phenoxy) is 3. The van der Waals surface area contributed by atoms with Crippen LogP contribution in [0.5, 0.6) is 11.5 Å². The van der Waals surface area contributed by atoms with Crippen LogP contribution in [-0.2, 0) is 16.1 Å². The summed E-state index contributed by atoms with van der Waals surface area (Å²) < 4.78 is 20.6. The van der Waals surface area contributed by atoms with E-state index in [1.165, 1.54) is 12.7 Å². The first-order chi connectivity index (χ1) is 18.4. The van der Waals surface area contributed by atoms with Gasteiger partial charge in [0.25, 0.3) is 0 Å². The van der Waals surface area contributed by atoms with Crippen molar-refractivity contribution >= 4 is 39.4 Å². The van der Waals surface area contributed by atoms with Crippen molar-refractivity contribution in [3.63, 3.8) is 0 Å². The molecule has 1 N–H and O–H groups in total. The van der Waals surface area contributed by atoms with Crippen molar-refractivity contribution in [2.75, 3.05) is 11.9 Å². The summed E-state index contributed by atoms with van der Waals surface area (Å²) in [5.41, 5.74) is 2.96. The molecule has 2 aromatic carbocycles. The minimum atomic E-state index is -0.550. The van der Waals surface area contributed by atoms with E-state index >= 15 is 0 Å². The number of nitrogens with one attached hydrogen (secondary N) is 1. The minimum Gasteiger partial charge on any atom is -0.490 e. The first-order valence-electron chi connectivity index (χ1n) is 12.9. The highest BCUT2D eigenvalue weighted by atomic mass is 79.9. The van der Waals surface area contributed by atoms with E-state index in [1.807, 2.05) is 50.2 Å². The molecule has 1 aliphatic carbocycles. The molecule has 0 spiro atoms. The second-order valence-corrected chi connectivity index (χ2v) is 10.7. The summed E-state index contributed by atoms with van der Waals surface area (Å²) in [7, 11) is 0. The maximum absolute atomic E-state index is 13.6. The van der Waals surface area contributed by atoms with E-state index in [1.54, 1.807) is 4.68 Å². The Morgan fingerprint density at radius 3 is 2.66 bits per heavy atom. The Bertz CT molecular complexity index is 1340. The summed E-state index contributed by atoms with van der Waals surface area (Å²) in [4.78, 5) is 17.9. The van der Waals surface area contributed by atoms with E-state index < -0.39 is 6.04 Å². The zero-order chi connectivity index (χ0) is 26.6. The van der Waals surface area contributed by atoms with Crippen molar-refractivity contribution in [2.24, 2.45) is 0 Å². The second-order valence-electron chi connectivity index (χ2n) is 9.44. The summed E-state index contributed by atoms with van der Waals surface area (Å²) >= 11 is 9.70. The Kier molecular flexibility index (Phi) is 8.24. The smallest absolute Gasteiger partial charge is 0.338 e. The molecule has 1 aliphatic heterocycles. The molecule has 1 saturated carbocycles. The number of hydrogen-bond donors (Lipinski definition) is 1. The number of aromatic nitrogens is 3. The van der Waals surface area contributed by atoms with Gasteiger partial charge in [-0.2, -0.15) is 10.1 Å². The standard InChI is InChI=1S/C28H30BrClN4O4/c1-3-36-23-14-19(13-22(29)26(23)37-15-18-9-11-20(30)12-10-18)25-24(17(2)33-28-31-16-32-34(25)28)27(35)38-21-7-5-4-6-8-21/h9-14,16,21,25H,3-8,15H2,1-2H3,(H,31,32,33). The lowest BCUT2D eigenvalue weighted by molar-refractivity contribution is -0.146. The second kappa shape index (κ2) is 11.8. The summed E-state index contributed by atoms with van der Waals surface area (Å²) in [6.45, 7) is 4.57. The molecule has 0 saturated heterocycles. The number of carbonyl (C=O) groups excluding carboxylic acids is 1. The number of nitrogens with zero attached hydrogens (tertiary/aromatic N) is 3. The molecule has 5 rings (SSSR count). The van der Waals surface area contributed by atoms with Gasteiger partial charge in [-0.15, -0.1) is 0 Å². The first-order valence-corrected chi connectivity index (χ1v) is 14.0. The number of allylic oxidation sites excluding steroid dienone is 1. The van der Waals surface area contributed by atoms with Gasteiger partial charge >= 0.3 is 5.97 Å². The van der Waals surface area contributed by atoms with Crippen LogP contribution in [0.4, 0.5) is 5.95 Å². The van der Waals surface area contributed by atoms with Crippen LogP contribution in [0.15, 0.2) is 58.5 Å². The molecule has 10 heteroatoms. The third-order valence-corrected chi connectivity index (χ3v) is 7.63. The van der Waals surface area contributed by atoms with Crippen LogP contribution >= 0.6 is 27.5 Å². The lowest BCUT2D eigenvalue weighted by Gasteiger charge is -2.30. The Hall–Kier alpha value is -3.04. The Balaban J connectivity index is 1.49. The highest BCUT2D eigenvalue weighted by molar-refractivity contribution is 9.10. The fraction of sp³-hybridized carbons (Fsp3) is 0.393. The third kappa shape index (κ3) is 5.68. The number of carbonyl (C=O) groups is 1. The molecular formula is C28H30BrClN4O4. The van der Waals surface area contributed by atoms with Gasteiger partial charge in [-0.05, 0) is 90.9 Å². The number of halogens is 2. The molecule has 0 radical (unpaired) electrons. The minimum absolute atomic E-state index is 0.0660. The molecule has 1 aromatic heterocycles. The number of hydrogen-bond acceptors (Lipinski definition) is 7. The van der Waals surface area contributed by atoms with Crippen molar-refractivity contribution in [1.29, 1.82) is 0 Å². The Labute approximate surface area is 235 Å².